The number of carbonyl (C=O) groups is 1. The van der Waals surface area contributed by atoms with Crippen LogP contribution < -0.4 is 5.73 Å². The van der Waals surface area contributed by atoms with Gasteiger partial charge in [-0.15, -0.1) is 0 Å². The van der Waals surface area contributed by atoms with Crippen molar-refractivity contribution < 1.29 is 9.90 Å². The Bertz CT molecular complexity index is 508. The molecule has 3 N–H and O–H groups in total. The first-order valence-corrected chi connectivity index (χ1v) is 7.30. The first-order chi connectivity index (χ1) is 9.51. The van der Waals surface area contributed by atoms with Gasteiger partial charge in [0.1, 0.15) is 5.69 Å². The van der Waals surface area contributed by atoms with Crippen LogP contribution in [0.2, 0.25) is 0 Å². The number of hydrogen-bond donors (Lipinski definition) is 2. The van der Waals surface area contributed by atoms with Gasteiger partial charge < -0.3 is 15.7 Å². The zero-order valence-corrected chi connectivity index (χ0v) is 11.9. The molecule has 1 aromatic heterocycles. The molecular weight excluding hydrogens is 256 g/mol. The van der Waals surface area contributed by atoms with E-state index in [1.54, 1.807) is 7.05 Å². The number of aliphatic hydroxyl groups is 1. The van der Waals surface area contributed by atoms with E-state index in [1.165, 1.54) is 10.9 Å². The van der Waals surface area contributed by atoms with Crippen molar-refractivity contribution in [2.24, 2.45) is 13.0 Å². The SMILES string of the molecule is Cn1ncc(N)c1C(=O)N1CCC2(O)CCCCC2C1. The number of aromatic nitrogens is 2. The lowest BCUT2D eigenvalue weighted by atomic mass is 9.71. The van der Waals surface area contributed by atoms with Gasteiger partial charge in [-0.25, -0.2) is 0 Å². The van der Waals surface area contributed by atoms with Crippen molar-refractivity contribution in [1.29, 1.82) is 0 Å². The molecule has 2 fully saturated rings. The van der Waals surface area contributed by atoms with Gasteiger partial charge in [0.25, 0.3) is 5.91 Å². The van der Waals surface area contributed by atoms with Crippen molar-refractivity contribution in [2.75, 3.05) is 18.8 Å². The smallest absolute Gasteiger partial charge is 0.274 e. The topological polar surface area (TPSA) is 84.4 Å². The molecule has 1 saturated carbocycles. The molecule has 1 aliphatic heterocycles. The van der Waals surface area contributed by atoms with Crippen molar-refractivity contribution in [2.45, 2.75) is 37.7 Å². The lowest BCUT2D eigenvalue weighted by molar-refractivity contribution is -0.0887. The molecule has 6 heteroatoms. The predicted molar refractivity (Wildman–Crippen MR) is 75.0 cm³/mol. The second-order valence-electron chi connectivity index (χ2n) is 6.12. The summed E-state index contributed by atoms with van der Waals surface area (Å²) in [6, 6.07) is 0. The van der Waals surface area contributed by atoms with Crippen LogP contribution in [0.3, 0.4) is 0 Å². The maximum Gasteiger partial charge on any atom is 0.274 e. The minimum Gasteiger partial charge on any atom is -0.396 e. The molecule has 3 rings (SSSR count). The van der Waals surface area contributed by atoms with Crippen LogP contribution in [-0.4, -0.2) is 44.4 Å². The van der Waals surface area contributed by atoms with Gasteiger partial charge in [-0.1, -0.05) is 12.8 Å². The molecule has 1 aromatic rings. The molecule has 0 aromatic carbocycles. The first-order valence-electron chi connectivity index (χ1n) is 7.30. The van der Waals surface area contributed by atoms with Crippen molar-refractivity contribution in [3.8, 4) is 0 Å². The van der Waals surface area contributed by atoms with Gasteiger partial charge in [0, 0.05) is 26.1 Å². The quantitative estimate of drug-likeness (QED) is 0.794. The summed E-state index contributed by atoms with van der Waals surface area (Å²) in [5.41, 5.74) is 6.13. The number of likely N-dealkylation sites (tertiary alicyclic amines) is 1. The third-order valence-electron chi connectivity index (χ3n) is 4.88. The number of piperidine rings is 1. The van der Waals surface area contributed by atoms with Gasteiger partial charge in [-0.3, -0.25) is 9.48 Å². The zero-order chi connectivity index (χ0) is 14.3. The van der Waals surface area contributed by atoms with Crippen molar-refractivity contribution in [1.82, 2.24) is 14.7 Å². The van der Waals surface area contributed by atoms with Crippen molar-refractivity contribution in [3.63, 3.8) is 0 Å². The average Bonchev–Trinajstić information content (AvgIpc) is 2.76. The largest absolute Gasteiger partial charge is 0.396 e. The van der Waals surface area contributed by atoms with Crippen LogP contribution >= 0.6 is 0 Å². The average molecular weight is 278 g/mol. The van der Waals surface area contributed by atoms with E-state index in [0.29, 0.717) is 30.9 Å². The number of amides is 1. The molecule has 1 aliphatic carbocycles. The minimum atomic E-state index is -0.562. The van der Waals surface area contributed by atoms with Gasteiger partial charge >= 0.3 is 0 Å². The minimum absolute atomic E-state index is 0.0740. The van der Waals surface area contributed by atoms with E-state index >= 15 is 0 Å². The summed E-state index contributed by atoms with van der Waals surface area (Å²) >= 11 is 0. The maximum atomic E-state index is 12.6. The summed E-state index contributed by atoms with van der Waals surface area (Å²) in [6.45, 7) is 1.22. The fourth-order valence-corrected chi connectivity index (χ4v) is 3.62. The fourth-order valence-electron chi connectivity index (χ4n) is 3.62. The van der Waals surface area contributed by atoms with E-state index in [1.807, 2.05) is 4.90 Å². The van der Waals surface area contributed by atoms with Crippen LogP contribution in [-0.2, 0) is 7.05 Å². The monoisotopic (exact) mass is 278 g/mol. The van der Waals surface area contributed by atoms with Crippen molar-refractivity contribution >= 4 is 11.6 Å². The molecule has 1 saturated heterocycles. The van der Waals surface area contributed by atoms with Crippen LogP contribution in [0.4, 0.5) is 5.69 Å². The standard InChI is InChI=1S/C14H22N4O2/c1-17-12(11(15)8-16-17)13(19)18-7-6-14(20)5-3-2-4-10(14)9-18/h8,10,20H,2-7,9,15H2,1H3. The fraction of sp³-hybridized carbons (Fsp3) is 0.714. The highest BCUT2D eigenvalue weighted by atomic mass is 16.3. The number of rotatable bonds is 1. The Morgan fingerprint density at radius 2 is 2.30 bits per heavy atom. The van der Waals surface area contributed by atoms with Gasteiger partial charge in [-0.05, 0) is 19.3 Å². The molecule has 2 atom stereocenters. The lowest BCUT2D eigenvalue weighted by Gasteiger charge is -2.47. The Hall–Kier alpha value is -1.56. The normalized spacial score (nSPS) is 30.1. The van der Waals surface area contributed by atoms with Gasteiger partial charge in [0.05, 0.1) is 17.5 Å². The molecular formula is C14H22N4O2. The Labute approximate surface area is 118 Å². The van der Waals surface area contributed by atoms with Crippen LogP contribution in [0.1, 0.15) is 42.6 Å². The van der Waals surface area contributed by atoms with Crippen LogP contribution in [0.15, 0.2) is 6.20 Å². The summed E-state index contributed by atoms with van der Waals surface area (Å²) in [5.74, 6) is 0.124. The second-order valence-corrected chi connectivity index (χ2v) is 6.12. The number of carbonyl (C=O) groups excluding carboxylic acids is 1. The Morgan fingerprint density at radius 3 is 3.00 bits per heavy atom. The third kappa shape index (κ3) is 2.08. The van der Waals surface area contributed by atoms with Crippen molar-refractivity contribution in [3.05, 3.63) is 11.9 Å². The number of nitrogens with two attached hydrogens (primary N) is 1. The number of fused-ring (bicyclic) bond motifs is 1. The molecule has 2 aliphatic rings. The van der Waals surface area contributed by atoms with E-state index in [9.17, 15) is 9.90 Å². The number of nitrogens with zero attached hydrogens (tertiary/aromatic N) is 3. The molecule has 1 amide bonds. The molecule has 0 radical (unpaired) electrons. The van der Waals surface area contributed by atoms with E-state index in [0.717, 1.165) is 25.7 Å². The summed E-state index contributed by atoms with van der Waals surface area (Å²) < 4.78 is 1.53. The summed E-state index contributed by atoms with van der Waals surface area (Å²) in [5, 5.41) is 14.7. The molecule has 2 unspecified atom stereocenters. The molecule has 20 heavy (non-hydrogen) atoms. The van der Waals surface area contributed by atoms with Gasteiger partial charge in [0.2, 0.25) is 0 Å². The highest BCUT2D eigenvalue weighted by Crippen LogP contribution is 2.40. The lowest BCUT2D eigenvalue weighted by Crippen LogP contribution is -2.54. The summed E-state index contributed by atoms with van der Waals surface area (Å²) in [6.07, 6.45) is 6.28. The number of anilines is 1. The van der Waals surface area contributed by atoms with Crippen LogP contribution in [0.25, 0.3) is 0 Å². The highest BCUT2D eigenvalue weighted by molar-refractivity contribution is 5.97. The number of aryl methyl sites for hydroxylation is 1. The zero-order valence-electron chi connectivity index (χ0n) is 11.9. The number of nitrogen functional groups attached to an aromatic ring is 1. The van der Waals surface area contributed by atoms with Gasteiger partial charge in [-0.2, -0.15) is 5.10 Å². The summed E-state index contributed by atoms with van der Waals surface area (Å²) in [7, 11) is 1.73. The second kappa shape index (κ2) is 4.77. The summed E-state index contributed by atoms with van der Waals surface area (Å²) in [4.78, 5) is 14.4. The maximum absolute atomic E-state index is 12.6. The number of hydrogen-bond acceptors (Lipinski definition) is 4. The predicted octanol–water partition coefficient (Wildman–Crippen LogP) is 0.769. The molecule has 110 valence electrons. The van der Waals surface area contributed by atoms with E-state index in [2.05, 4.69) is 5.10 Å². The Balaban J connectivity index is 1.78. The van der Waals surface area contributed by atoms with Crippen LogP contribution in [0.5, 0.6) is 0 Å². The van der Waals surface area contributed by atoms with Gasteiger partial charge in [0.15, 0.2) is 0 Å². The van der Waals surface area contributed by atoms with E-state index < -0.39 is 5.60 Å². The van der Waals surface area contributed by atoms with E-state index in [4.69, 9.17) is 5.73 Å². The van der Waals surface area contributed by atoms with Crippen LogP contribution in [0, 0.1) is 5.92 Å². The Morgan fingerprint density at radius 1 is 1.50 bits per heavy atom. The third-order valence-corrected chi connectivity index (χ3v) is 4.88. The molecule has 0 spiro atoms. The highest BCUT2D eigenvalue weighted by Gasteiger charge is 2.44. The molecule has 6 nitrogen and oxygen atoms in total. The molecule has 2 heterocycles. The first kappa shape index (κ1) is 13.4. The molecule has 0 bridgehead atoms. The van der Waals surface area contributed by atoms with E-state index in [-0.39, 0.29) is 11.8 Å². The Kier molecular flexibility index (Phi) is 3.20.